The molecule has 2 aliphatic rings. The second kappa shape index (κ2) is 6.87. The Kier molecular flexibility index (Phi) is 4.67. The van der Waals surface area contributed by atoms with Gasteiger partial charge in [-0.2, -0.15) is 0 Å². The standard InChI is InChI=1S/2C10H13N/c2*1-8-6-7-11-10-5-3-2-4-9(8)10/h2*2-5,8,11H,6-7H2,1H3/t2*8-/m10/s1. The molecule has 2 N–H and O–H groups in total. The second-order valence-electron chi connectivity index (χ2n) is 6.41. The first-order chi connectivity index (χ1) is 10.8. The summed E-state index contributed by atoms with van der Waals surface area (Å²) < 4.78 is 0. The predicted octanol–water partition coefficient (Wildman–Crippen LogP) is 5.21. The van der Waals surface area contributed by atoms with Gasteiger partial charge in [-0.1, -0.05) is 50.2 Å². The summed E-state index contributed by atoms with van der Waals surface area (Å²) in [6, 6.07) is 17.1. The number of anilines is 2. The van der Waals surface area contributed by atoms with Gasteiger partial charge >= 0.3 is 0 Å². The van der Waals surface area contributed by atoms with Crippen LogP contribution >= 0.6 is 0 Å². The smallest absolute Gasteiger partial charge is 0.0375 e. The van der Waals surface area contributed by atoms with Crippen LogP contribution in [-0.4, -0.2) is 13.1 Å². The van der Waals surface area contributed by atoms with E-state index in [9.17, 15) is 0 Å². The summed E-state index contributed by atoms with van der Waals surface area (Å²) in [5, 5.41) is 6.79. The van der Waals surface area contributed by atoms with Gasteiger partial charge in [-0.3, -0.25) is 0 Å². The Morgan fingerprint density at radius 2 is 1.09 bits per heavy atom. The zero-order chi connectivity index (χ0) is 15.4. The first-order valence-electron chi connectivity index (χ1n) is 8.41. The van der Waals surface area contributed by atoms with Crippen LogP contribution in [0.25, 0.3) is 0 Å². The van der Waals surface area contributed by atoms with Crippen molar-refractivity contribution in [1.29, 1.82) is 0 Å². The van der Waals surface area contributed by atoms with Crippen LogP contribution in [0.4, 0.5) is 11.4 Å². The molecule has 22 heavy (non-hydrogen) atoms. The highest BCUT2D eigenvalue weighted by Gasteiger charge is 2.14. The molecule has 4 rings (SSSR count). The van der Waals surface area contributed by atoms with E-state index in [0.717, 1.165) is 24.9 Å². The molecular formula is C20H26N2. The minimum absolute atomic E-state index is 0.729. The van der Waals surface area contributed by atoms with Crippen LogP contribution in [0.1, 0.15) is 49.7 Å². The van der Waals surface area contributed by atoms with Gasteiger partial charge in [-0.15, -0.1) is 0 Å². The molecule has 2 nitrogen and oxygen atoms in total. The second-order valence-corrected chi connectivity index (χ2v) is 6.41. The van der Waals surface area contributed by atoms with E-state index in [-0.39, 0.29) is 0 Å². The Bertz CT molecular complexity index is 565. The van der Waals surface area contributed by atoms with E-state index in [1.54, 1.807) is 0 Å². The number of hydrogen-bond donors (Lipinski definition) is 2. The molecule has 2 heterocycles. The topological polar surface area (TPSA) is 24.1 Å². The molecule has 0 bridgehead atoms. The molecule has 2 aromatic rings. The van der Waals surface area contributed by atoms with Crippen LogP contribution < -0.4 is 10.6 Å². The zero-order valence-electron chi connectivity index (χ0n) is 13.6. The molecule has 0 amide bonds. The van der Waals surface area contributed by atoms with Crippen molar-refractivity contribution >= 4 is 11.4 Å². The summed E-state index contributed by atoms with van der Waals surface area (Å²) in [7, 11) is 0. The summed E-state index contributed by atoms with van der Waals surface area (Å²) in [4.78, 5) is 0. The average molecular weight is 294 g/mol. The molecule has 0 saturated heterocycles. The molecule has 0 unspecified atom stereocenters. The predicted molar refractivity (Wildman–Crippen MR) is 95.9 cm³/mol. The van der Waals surface area contributed by atoms with Gasteiger partial charge in [0.1, 0.15) is 0 Å². The quantitative estimate of drug-likeness (QED) is 0.697. The molecule has 0 aromatic heterocycles. The van der Waals surface area contributed by atoms with Crippen LogP contribution in [0.3, 0.4) is 0 Å². The molecule has 0 radical (unpaired) electrons. The normalized spacial score (nSPS) is 22.1. The number of benzene rings is 2. The Labute approximate surface area is 134 Å². The Morgan fingerprint density at radius 1 is 0.682 bits per heavy atom. The van der Waals surface area contributed by atoms with Crippen LogP contribution in [-0.2, 0) is 0 Å². The fourth-order valence-electron chi connectivity index (χ4n) is 3.33. The van der Waals surface area contributed by atoms with E-state index >= 15 is 0 Å². The third-order valence-corrected chi connectivity index (χ3v) is 4.77. The zero-order valence-corrected chi connectivity index (χ0v) is 13.6. The lowest BCUT2D eigenvalue weighted by atomic mass is 9.93. The van der Waals surface area contributed by atoms with Crippen molar-refractivity contribution in [3.05, 3.63) is 59.7 Å². The minimum Gasteiger partial charge on any atom is -0.385 e. The van der Waals surface area contributed by atoms with Gasteiger partial charge in [0.25, 0.3) is 0 Å². The van der Waals surface area contributed by atoms with Crippen LogP contribution in [0.2, 0.25) is 0 Å². The molecule has 0 aliphatic carbocycles. The molecule has 2 atom stereocenters. The van der Waals surface area contributed by atoms with Crippen molar-refractivity contribution in [2.24, 2.45) is 0 Å². The number of fused-ring (bicyclic) bond motifs is 2. The van der Waals surface area contributed by atoms with Crippen LogP contribution in [0.5, 0.6) is 0 Å². The minimum atomic E-state index is 0.729. The average Bonchev–Trinajstić information content (AvgIpc) is 2.57. The van der Waals surface area contributed by atoms with E-state index in [4.69, 9.17) is 0 Å². The third-order valence-electron chi connectivity index (χ3n) is 4.77. The summed E-state index contributed by atoms with van der Waals surface area (Å²) in [6.07, 6.45) is 2.52. The first kappa shape index (κ1) is 15.0. The maximum atomic E-state index is 3.39. The molecule has 0 fully saturated rings. The molecule has 116 valence electrons. The highest BCUT2D eigenvalue weighted by atomic mass is 14.9. The van der Waals surface area contributed by atoms with Crippen molar-refractivity contribution in [3.8, 4) is 0 Å². The highest BCUT2D eigenvalue weighted by Crippen LogP contribution is 2.31. The van der Waals surface area contributed by atoms with Crippen molar-refractivity contribution in [2.75, 3.05) is 23.7 Å². The van der Waals surface area contributed by atoms with Gasteiger partial charge in [0.15, 0.2) is 0 Å². The van der Waals surface area contributed by atoms with Crippen molar-refractivity contribution in [2.45, 2.75) is 38.5 Å². The fourth-order valence-corrected chi connectivity index (χ4v) is 3.33. The van der Waals surface area contributed by atoms with Crippen LogP contribution in [0, 0.1) is 0 Å². The van der Waals surface area contributed by atoms with E-state index in [1.807, 2.05) is 0 Å². The van der Waals surface area contributed by atoms with Crippen molar-refractivity contribution in [3.63, 3.8) is 0 Å². The third kappa shape index (κ3) is 3.27. The summed E-state index contributed by atoms with van der Waals surface area (Å²) in [5.74, 6) is 1.46. The highest BCUT2D eigenvalue weighted by molar-refractivity contribution is 5.55. The Hall–Kier alpha value is -1.96. The van der Waals surface area contributed by atoms with Gasteiger partial charge in [-0.05, 0) is 47.9 Å². The van der Waals surface area contributed by atoms with Crippen molar-refractivity contribution in [1.82, 2.24) is 0 Å². The molecular weight excluding hydrogens is 268 g/mol. The first-order valence-corrected chi connectivity index (χ1v) is 8.41. The Balaban J connectivity index is 0.000000131. The molecule has 2 aliphatic heterocycles. The van der Waals surface area contributed by atoms with Crippen LogP contribution in [0.15, 0.2) is 48.5 Å². The van der Waals surface area contributed by atoms with E-state index in [2.05, 4.69) is 73.0 Å². The Morgan fingerprint density at radius 3 is 1.50 bits per heavy atom. The molecule has 0 saturated carbocycles. The molecule has 0 spiro atoms. The SMILES string of the molecule is C[C@@H]1CCNc2ccccc21.C[C@H]1CCNc2ccccc21. The molecule has 2 aromatic carbocycles. The van der Waals surface area contributed by atoms with Gasteiger partial charge < -0.3 is 10.6 Å². The monoisotopic (exact) mass is 294 g/mol. The fraction of sp³-hybridized carbons (Fsp3) is 0.400. The number of rotatable bonds is 0. The van der Waals surface area contributed by atoms with E-state index < -0.39 is 0 Å². The summed E-state index contributed by atoms with van der Waals surface area (Å²) in [5.41, 5.74) is 5.59. The van der Waals surface area contributed by atoms with Gasteiger partial charge in [-0.25, -0.2) is 0 Å². The maximum Gasteiger partial charge on any atom is 0.0375 e. The lowest BCUT2D eigenvalue weighted by Gasteiger charge is -2.23. The van der Waals surface area contributed by atoms with E-state index in [1.165, 1.54) is 35.3 Å². The number of nitrogens with one attached hydrogen (secondary N) is 2. The molecule has 2 heteroatoms. The lowest BCUT2D eigenvalue weighted by Crippen LogP contribution is -2.14. The van der Waals surface area contributed by atoms with Crippen molar-refractivity contribution < 1.29 is 0 Å². The van der Waals surface area contributed by atoms with E-state index in [0.29, 0.717) is 0 Å². The van der Waals surface area contributed by atoms with Gasteiger partial charge in [0, 0.05) is 24.5 Å². The summed E-state index contributed by atoms with van der Waals surface area (Å²) >= 11 is 0. The lowest BCUT2D eigenvalue weighted by molar-refractivity contribution is 0.684. The number of hydrogen-bond acceptors (Lipinski definition) is 2. The largest absolute Gasteiger partial charge is 0.385 e. The maximum absolute atomic E-state index is 3.39. The number of para-hydroxylation sites is 2. The van der Waals surface area contributed by atoms with Gasteiger partial charge in [0.05, 0.1) is 0 Å². The summed E-state index contributed by atoms with van der Waals surface area (Å²) in [6.45, 7) is 6.83. The van der Waals surface area contributed by atoms with Gasteiger partial charge in [0.2, 0.25) is 0 Å².